The lowest BCUT2D eigenvalue weighted by atomic mass is 9.93. The summed E-state index contributed by atoms with van der Waals surface area (Å²) in [6.07, 6.45) is 3.07. The van der Waals surface area contributed by atoms with Gasteiger partial charge in [-0.2, -0.15) is 0 Å². The van der Waals surface area contributed by atoms with Crippen LogP contribution < -0.4 is 10.1 Å². The lowest BCUT2D eigenvalue weighted by Gasteiger charge is -2.22. The molecule has 7 nitrogen and oxygen atoms in total. The van der Waals surface area contributed by atoms with Crippen LogP contribution in [-0.2, 0) is 16.0 Å². The summed E-state index contributed by atoms with van der Waals surface area (Å²) in [6, 6.07) is 7.14. The fourth-order valence-electron chi connectivity index (χ4n) is 3.45. The highest BCUT2D eigenvalue weighted by atomic mass is 16.5. The van der Waals surface area contributed by atoms with Crippen LogP contribution in [0.25, 0.3) is 0 Å². The number of amides is 4. The summed E-state index contributed by atoms with van der Waals surface area (Å²) in [5.41, 5.74) is 0.0723. The van der Waals surface area contributed by atoms with Gasteiger partial charge in [0.15, 0.2) is 0 Å². The van der Waals surface area contributed by atoms with Gasteiger partial charge in [-0.05, 0) is 50.3 Å². The van der Waals surface area contributed by atoms with Crippen LogP contribution in [0.4, 0.5) is 4.79 Å². The van der Waals surface area contributed by atoms with Crippen LogP contribution in [0.2, 0.25) is 0 Å². The molecular weight excluding hydrogens is 334 g/mol. The van der Waals surface area contributed by atoms with Crippen molar-refractivity contribution in [3.63, 3.8) is 0 Å². The van der Waals surface area contributed by atoms with E-state index in [-0.39, 0.29) is 18.4 Å². The Morgan fingerprint density at radius 3 is 2.46 bits per heavy atom. The van der Waals surface area contributed by atoms with E-state index < -0.39 is 11.6 Å². The van der Waals surface area contributed by atoms with Gasteiger partial charge in [0.1, 0.15) is 17.8 Å². The molecule has 1 aromatic rings. The van der Waals surface area contributed by atoms with E-state index in [1.165, 1.54) is 0 Å². The number of carbonyl (C=O) groups excluding carboxylic acids is 3. The first-order chi connectivity index (χ1) is 12.4. The number of aryl methyl sites for hydroxylation is 1. The molecule has 1 N–H and O–H groups in total. The minimum absolute atomic E-state index is 0.162. The first kappa shape index (κ1) is 18.2. The molecule has 1 aromatic carbocycles. The van der Waals surface area contributed by atoms with Gasteiger partial charge in [0.25, 0.3) is 5.91 Å². The summed E-state index contributed by atoms with van der Waals surface area (Å²) in [6.45, 7) is 2.95. The first-order valence-electron chi connectivity index (χ1n) is 8.98. The summed E-state index contributed by atoms with van der Waals surface area (Å²) in [7, 11) is 1.61. The number of hydrogen-bond acceptors (Lipinski definition) is 4. The van der Waals surface area contributed by atoms with Crippen LogP contribution in [0.3, 0.4) is 0 Å². The number of carbonyl (C=O) groups is 3. The molecule has 0 saturated carbocycles. The van der Waals surface area contributed by atoms with Gasteiger partial charge in [0.2, 0.25) is 5.91 Å². The van der Waals surface area contributed by atoms with Crippen LogP contribution in [-0.4, -0.2) is 59.9 Å². The zero-order valence-corrected chi connectivity index (χ0v) is 15.3. The average molecular weight is 359 g/mol. The Bertz CT molecular complexity index is 697. The maximum atomic E-state index is 12.8. The third-order valence-electron chi connectivity index (χ3n) is 5.17. The Morgan fingerprint density at radius 2 is 1.85 bits per heavy atom. The molecule has 0 bridgehead atoms. The van der Waals surface area contributed by atoms with Crippen LogP contribution in [0.15, 0.2) is 24.3 Å². The van der Waals surface area contributed by atoms with E-state index in [1.54, 1.807) is 18.9 Å². The van der Waals surface area contributed by atoms with Gasteiger partial charge in [-0.1, -0.05) is 12.1 Å². The fraction of sp³-hybridized carbons (Fsp3) is 0.526. The van der Waals surface area contributed by atoms with Crippen LogP contribution in [0, 0.1) is 0 Å². The molecule has 140 valence electrons. The van der Waals surface area contributed by atoms with E-state index in [2.05, 4.69) is 5.32 Å². The highest BCUT2D eigenvalue weighted by molar-refractivity contribution is 6.08. The van der Waals surface area contributed by atoms with Crippen molar-refractivity contribution in [1.29, 1.82) is 0 Å². The summed E-state index contributed by atoms with van der Waals surface area (Å²) in [4.78, 5) is 40.1. The number of nitrogens with zero attached hydrogens (tertiary/aromatic N) is 2. The maximum Gasteiger partial charge on any atom is 0.325 e. The number of hydrogen-bond donors (Lipinski definition) is 1. The molecule has 7 heteroatoms. The number of imide groups is 1. The second kappa shape index (κ2) is 7.35. The Labute approximate surface area is 153 Å². The topological polar surface area (TPSA) is 79.0 Å². The highest BCUT2D eigenvalue weighted by Gasteiger charge is 2.48. The van der Waals surface area contributed by atoms with Crippen molar-refractivity contribution in [2.24, 2.45) is 0 Å². The monoisotopic (exact) mass is 359 g/mol. The standard InChI is InChI=1S/C19H25N3O4/c1-19(10-9-14-5-7-15(26-2)8-6-14)17(24)22(18(25)20-19)13-16(23)21-11-3-4-12-21/h5-8H,3-4,9-13H2,1-2H3,(H,20,25)/t19-/m0/s1. The third-order valence-corrected chi connectivity index (χ3v) is 5.17. The van der Waals surface area contributed by atoms with Gasteiger partial charge >= 0.3 is 6.03 Å². The van der Waals surface area contributed by atoms with E-state index in [0.717, 1.165) is 29.1 Å². The average Bonchev–Trinajstić information content (AvgIpc) is 3.24. The number of nitrogens with one attached hydrogen (secondary N) is 1. The molecule has 26 heavy (non-hydrogen) atoms. The number of likely N-dealkylation sites (tertiary alicyclic amines) is 1. The molecule has 3 rings (SSSR count). The minimum Gasteiger partial charge on any atom is -0.497 e. The maximum absolute atomic E-state index is 12.8. The van der Waals surface area contributed by atoms with E-state index in [0.29, 0.717) is 25.9 Å². The second-order valence-corrected chi connectivity index (χ2v) is 7.09. The highest BCUT2D eigenvalue weighted by Crippen LogP contribution is 2.24. The summed E-state index contributed by atoms with van der Waals surface area (Å²) < 4.78 is 5.14. The molecule has 2 saturated heterocycles. The largest absolute Gasteiger partial charge is 0.497 e. The van der Waals surface area contributed by atoms with Crippen LogP contribution in [0.1, 0.15) is 31.7 Å². The van der Waals surface area contributed by atoms with Crippen molar-refractivity contribution in [2.45, 2.75) is 38.1 Å². The third kappa shape index (κ3) is 3.66. The molecule has 2 fully saturated rings. The van der Waals surface area contributed by atoms with Gasteiger partial charge in [-0.25, -0.2) is 4.79 Å². The van der Waals surface area contributed by atoms with Crippen LogP contribution >= 0.6 is 0 Å². The van der Waals surface area contributed by atoms with Gasteiger partial charge in [-0.15, -0.1) is 0 Å². The molecule has 1 atom stereocenters. The molecule has 0 spiro atoms. The molecular formula is C19H25N3O4. The quantitative estimate of drug-likeness (QED) is 0.782. The van der Waals surface area contributed by atoms with Gasteiger partial charge in [0, 0.05) is 13.1 Å². The molecule has 2 heterocycles. The number of methoxy groups -OCH3 is 1. The predicted octanol–water partition coefficient (Wildman–Crippen LogP) is 1.56. The fourth-order valence-corrected chi connectivity index (χ4v) is 3.45. The van der Waals surface area contributed by atoms with E-state index in [9.17, 15) is 14.4 Å². The Hall–Kier alpha value is -2.57. The zero-order valence-electron chi connectivity index (χ0n) is 15.3. The van der Waals surface area contributed by atoms with Crippen molar-refractivity contribution >= 4 is 17.8 Å². The minimum atomic E-state index is -0.984. The lowest BCUT2D eigenvalue weighted by molar-refractivity contribution is -0.138. The van der Waals surface area contributed by atoms with E-state index in [4.69, 9.17) is 4.74 Å². The van der Waals surface area contributed by atoms with Gasteiger partial charge < -0.3 is 15.0 Å². The lowest BCUT2D eigenvalue weighted by Crippen LogP contribution is -2.45. The smallest absolute Gasteiger partial charge is 0.325 e. The Kier molecular flexibility index (Phi) is 5.15. The Balaban J connectivity index is 1.61. The predicted molar refractivity (Wildman–Crippen MR) is 95.8 cm³/mol. The molecule has 4 amide bonds. The molecule has 0 aromatic heterocycles. The molecule has 2 aliphatic heterocycles. The molecule has 0 aliphatic carbocycles. The first-order valence-corrected chi connectivity index (χ1v) is 8.98. The summed E-state index contributed by atoms with van der Waals surface area (Å²) in [5, 5.41) is 2.76. The summed E-state index contributed by atoms with van der Waals surface area (Å²) in [5.74, 6) is 0.283. The molecule has 0 radical (unpaired) electrons. The van der Waals surface area contributed by atoms with Gasteiger partial charge in [0.05, 0.1) is 7.11 Å². The van der Waals surface area contributed by atoms with Crippen molar-refractivity contribution in [1.82, 2.24) is 15.1 Å². The van der Waals surface area contributed by atoms with Gasteiger partial charge in [-0.3, -0.25) is 14.5 Å². The molecule has 2 aliphatic rings. The zero-order chi connectivity index (χ0) is 18.7. The second-order valence-electron chi connectivity index (χ2n) is 7.09. The van der Waals surface area contributed by atoms with E-state index >= 15 is 0 Å². The number of rotatable bonds is 6. The molecule has 0 unspecified atom stereocenters. The normalized spacial score (nSPS) is 22.7. The van der Waals surface area contributed by atoms with Crippen molar-refractivity contribution in [3.05, 3.63) is 29.8 Å². The SMILES string of the molecule is COc1ccc(CC[C@]2(C)NC(=O)N(CC(=O)N3CCCC3)C2=O)cc1. The summed E-state index contributed by atoms with van der Waals surface area (Å²) >= 11 is 0. The number of ether oxygens (including phenoxy) is 1. The number of benzene rings is 1. The number of urea groups is 1. The Morgan fingerprint density at radius 1 is 1.19 bits per heavy atom. The van der Waals surface area contributed by atoms with Crippen molar-refractivity contribution in [3.8, 4) is 5.75 Å². The van der Waals surface area contributed by atoms with Crippen LogP contribution in [0.5, 0.6) is 5.75 Å². The van der Waals surface area contributed by atoms with Crippen molar-refractivity contribution in [2.75, 3.05) is 26.7 Å². The van der Waals surface area contributed by atoms with Crippen molar-refractivity contribution < 1.29 is 19.1 Å². The van der Waals surface area contributed by atoms with E-state index in [1.807, 2.05) is 24.3 Å².